The van der Waals surface area contributed by atoms with Crippen LogP contribution in [0.2, 0.25) is 0 Å². The predicted octanol–water partition coefficient (Wildman–Crippen LogP) is 2.67. The van der Waals surface area contributed by atoms with E-state index in [1.807, 2.05) is 53.4 Å². The lowest BCUT2D eigenvalue weighted by Gasteiger charge is -2.04. The molecule has 2 nitrogen and oxygen atoms in total. The van der Waals surface area contributed by atoms with E-state index < -0.39 is 0 Å². The molecule has 1 heterocycles. The number of rotatable bonds is 4. The number of hydrogen-bond donors (Lipinski definition) is 0. The molecule has 84 valence electrons. The number of hydrogen-bond acceptors (Lipinski definition) is 1. The Balaban J connectivity index is 2.01. The Bertz CT molecular complexity index is 485. The van der Waals surface area contributed by atoms with Crippen molar-refractivity contribution >= 4 is 0 Å². The second-order valence-corrected chi connectivity index (χ2v) is 3.99. The fourth-order valence-electron chi connectivity index (χ4n) is 1.85. The van der Waals surface area contributed by atoms with E-state index in [2.05, 4.69) is 18.2 Å². The molecule has 0 amide bonds. The Kier molecular flexibility index (Phi) is 3.88. The summed E-state index contributed by atoms with van der Waals surface area (Å²) in [5.41, 5.74) is 1.28. The Morgan fingerprint density at radius 2 is 1.65 bits per heavy atom. The molecular weight excluding hydrogens is 208 g/mol. The van der Waals surface area contributed by atoms with Gasteiger partial charge in [0, 0.05) is 18.6 Å². The highest BCUT2D eigenvalue weighted by molar-refractivity contribution is 5.14. The lowest BCUT2D eigenvalue weighted by Crippen LogP contribution is -2.37. The first-order valence-electron chi connectivity index (χ1n) is 5.79. The van der Waals surface area contributed by atoms with Gasteiger partial charge >= 0.3 is 0 Å². The summed E-state index contributed by atoms with van der Waals surface area (Å²) in [5.74, 6) is 0. The Morgan fingerprint density at radius 1 is 1.00 bits per heavy atom. The maximum atomic E-state index is 9.19. The van der Waals surface area contributed by atoms with Gasteiger partial charge in [-0.3, -0.25) is 0 Å². The third-order valence-electron chi connectivity index (χ3n) is 2.80. The molecule has 0 fully saturated rings. The third kappa shape index (κ3) is 3.15. The Morgan fingerprint density at radius 3 is 2.29 bits per heavy atom. The highest BCUT2D eigenvalue weighted by Crippen LogP contribution is 2.08. The molecule has 1 aromatic heterocycles. The summed E-state index contributed by atoms with van der Waals surface area (Å²) >= 11 is 0. The lowest BCUT2D eigenvalue weighted by molar-refractivity contribution is -0.710. The zero-order chi connectivity index (χ0) is 11.9. The monoisotopic (exact) mass is 223 g/mol. The van der Waals surface area contributed by atoms with E-state index in [9.17, 15) is 5.26 Å². The predicted molar refractivity (Wildman–Crippen MR) is 66.1 cm³/mol. The summed E-state index contributed by atoms with van der Waals surface area (Å²) in [6.07, 6.45) is 5.66. The van der Waals surface area contributed by atoms with Crippen molar-refractivity contribution in [1.29, 1.82) is 5.26 Å². The minimum Gasteiger partial charge on any atom is -0.191 e. The topological polar surface area (TPSA) is 27.7 Å². The quantitative estimate of drug-likeness (QED) is 0.732. The third-order valence-corrected chi connectivity index (χ3v) is 2.80. The van der Waals surface area contributed by atoms with Crippen molar-refractivity contribution in [3.05, 3.63) is 66.5 Å². The van der Waals surface area contributed by atoms with Crippen LogP contribution in [0.5, 0.6) is 0 Å². The highest BCUT2D eigenvalue weighted by atomic mass is 15.0. The molecule has 0 saturated carbocycles. The fraction of sp³-hybridized carbons (Fsp3) is 0.200. The first-order chi connectivity index (χ1) is 8.40. The van der Waals surface area contributed by atoms with Gasteiger partial charge in [-0.25, -0.2) is 0 Å². The molecule has 0 radical (unpaired) electrons. The zero-order valence-electron chi connectivity index (χ0n) is 9.66. The maximum absolute atomic E-state index is 9.19. The van der Waals surface area contributed by atoms with E-state index >= 15 is 0 Å². The van der Waals surface area contributed by atoms with Crippen LogP contribution in [0.25, 0.3) is 0 Å². The standard InChI is InChI=1S/C15H15N2/c16-13-15(17-11-5-2-6-12-17)10-9-14-7-3-1-4-8-14/h1-8,11-12,15H,9-10H2/q+1. The summed E-state index contributed by atoms with van der Waals surface area (Å²) in [4.78, 5) is 0. The van der Waals surface area contributed by atoms with Gasteiger partial charge in [-0.15, -0.1) is 0 Å². The largest absolute Gasteiger partial charge is 0.243 e. The summed E-state index contributed by atoms with van der Waals surface area (Å²) in [6.45, 7) is 0. The van der Waals surface area contributed by atoms with Gasteiger partial charge in [0.15, 0.2) is 12.4 Å². The normalized spacial score (nSPS) is 11.7. The van der Waals surface area contributed by atoms with Crippen molar-refractivity contribution in [2.24, 2.45) is 0 Å². The molecule has 0 aliphatic carbocycles. The van der Waals surface area contributed by atoms with Crippen molar-refractivity contribution in [1.82, 2.24) is 0 Å². The Labute approximate surface area is 102 Å². The minimum absolute atomic E-state index is 0.0867. The number of pyridine rings is 1. The van der Waals surface area contributed by atoms with Crippen molar-refractivity contribution < 1.29 is 4.57 Å². The van der Waals surface area contributed by atoms with E-state index in [0.29, 0.717) is 0 Å². The molecule has 1 unspecified atom stereocenters. The van der Waals surface area contributed by atoms with Crippen molar-refractivity contribution in [3.8, 4) is 6.07 Å². The van der Waals surface area contributed by atoms with Crippen LogP contribution in [-0.2, 0) is 6.42 Å². The van der Waals surface area contributed by atoms with Crippen LogP contribution in [-0.4, -0.2) is 0 Å². The van der Waals surface area contributed by atoms with Crippen LogP contribution in [0, 0.1) is 11.3 Å². The molecule has 2 heteroatoms. The number of nitrogens with zero attached hydrogens (tertiary/aromatic N) is 2. The molecule has 0 N–H and O–H groups in total. The molecule has 0 saturated heterocycles. The van der Waals surface area contributed by atoms with E-state index in [1.54, 1.807) is 0 Å². The van der Waals surface area contributed by atoms with Crippen LogP contribution in [0.3, 0.4) is 0 Å². The van der Waals surface area contributed by atoms with Gasteiger partial charge < -0.3 is 0 Å². The van der Waals surface area contributed by atoms with E-state index in [4.69, 9.17) is 0 Å². The molecule has 1 aromatic carbocycles. The SMILES string of the molecule is N#CC(CCc1ccccc1)[n+]1ccccc1. The molecule has 2 aromatic rings. The summed E-state index contributed by atoms with van der Waals surface area (Å²) in [6, 6.07) is 18.4. The second-order valence-electron chi connectivity index (χ2n) is 3.99. The van der Waals surface area contributed by atoms with E-state index in [-0.39, 0.29) is 6.04 Å². The van der Waals surface area contributed by atoms with Crippen LogP contribution in [0.15, 0.2) is 60.9 Å². The average molecular weight is 223 g/mol. The Hall–Kier alpha value is -2.14. The van der Waals surface area contributed by atoms with E-state index in [0.717, 1.165) is 12.8 Å². The molecule has 0 aliphatic rings. The molecule has 1 atom stereocenters. The van der Waals surface area contributed by atoms with Crippen LogP contribution < -0.4 is 4.57 Å². The summed E-state index contributed by atoms with van der Waals surface area (Å²) in [5, 5.41) is 9.19. The van der Waals surface area contributed by atoms with Gasteiger partial charge in [-0.05, 0) is 12.0 Å². The molecule has 0 aliphatic heterocycles. The summed E-state index contributed by atoms with van der Waals surface area (Å²) < 4.78 is 1.96. The number of nitriles is 1. The van der Waals surface area contributed by atoms with Crippen molar-refractivity contribution in [2.75, 3.05) is 0 Å². The minimum atomic E-state index is -0.0867. The average Bonchev–Trinajstić information content (AvgIpc) is 2.42. The second kappa shape index (κ2) is 5.81. The first-order valence-corrected chi connectivity index (χ1v) is 5.79. The fourth-order valence-corrected chi connectivity index (χ4v) is 1.85. The zero-order valence-corrected chi connectivity index (χ0v) is 9.66. The van der Waals surface area contributed by atoms with Crippen molar-refractivity contribution in [3.63, 3.8) is 0 Å². The van der Waals surface area contributed by atoms with Gasteiger partial charge in [-0.2, -0.15) is 9.83 Å². The maximum Gasteiger partial charge on any atom is 0.243 e. The first kappa shape index (κ1) is 11.3. The molecule has 2 rings (SSSR count). The smallest absolute Gasteiger partial charge is 0.191 e. The van der Waals surface area contributed by atoms with Gasteiger partial charge in [0.25, 0.3) is 0 Å². The highest BCUT2D eigenvalue weighted by Gasteiger charge is 2.16. The van der Waals surface area contributed by atoms with Crippen LogP contribution in [0.1, 0.15) is 18.0 Å². The van der Waals surface area contributed by atoms with Crippen LogP contribution in [0.4, 0.5) is 0 Å². The summed E-state index contributed by atoms with van der Waals surface area (Å²) in [7, 11) is 0. The molecular formula is C15H15N2+. The number of aromatic nitrogens is 1. The number of benzene rings is 1. The van der Waals surface area contributed by atoms with Crippen molar-refractivity contribution in [2.45, 2.75) is 18.9 Å². The molecule has 17 heavy (non-hydrogen) atoms. The number of aryl methyl sites for hydroxylation is 1. The lowest BCUT2D eigenvalue weighted by atomic mass is 10.1. The van der Waals surface area contributed by atoms with Gasteiger partial charge in [-0.1, -0.05) is 36.4 Å². The van der Waals surface area contributed by atoms with Gasteiger partial charge in [0.1, 0.15) is 6.07 Å². The molecule has 0 bridgehead atoms. The van der Waals surface area contributed by atoms with Crippen LogP contribution >= 0.6 is 0 Å². The van der Waals surface area contributed by atoms with Gasteiger partial charge in [0.2, 0.25) is 6.04 Å². The van der Waals surface area contributed by atoms with Gasteiger partial charge in [0.05, 0.1) is 0 Å². The van der Waals surface area contributed by atoms with E-state index in [1.165, 1.54) is 5.56 Å². The molecule has 0 spiro atoms.